The molecule has 0 saturated carbocycles. The summed E-state index contributed by atoms with van der Waals surface area (Å²) in [5.74, 6) is 0.469. The quantitative estimate of drug-likeness (QED) is 0.876. The van der Waals surface area contributed by atoms with Crippen LogP contribution in [0.5, 0.6) is 0 Å². The van der Waals surface area contributed by atoms with Gasteiger partial charge in [-0.2, -0.15) is 12.7 Å². The highest BCUT2D eigenvalue weighted by Gasteiger charge is 2.21. The SMILES string of the molecule is Cc1ccc(CC(=O)NS(=O)(=O)N(C)Cc2ccccc2)o1. The first-order valence-corrected chi connectivity index (χ1v) is 8.17. The monoisotopic (exact) mass is 322 g/mol. The van der Waals surface area contributed by atoms with E-state index in [0.29, 0.717) is 11.5 Å². The lowest BCUT2D eigenvalue weighted by Gasteiger charge is -2.17. The summed E-state index contributed by atoms with van der Waals surface area (Å²) in [6.07, 6.45) is -0.119. The maximum absolute atomic E-state index is 12.1. The first-order valence-electron chi connectivity index (χ1n) is 6.73. The number of rotatable bonds is 6. The molecule has 0 aliphatic carbocycles. The number of carbonyl (C=O) groups excluding carboxylic acids is 1. The van der Waals surface area contributed by atoms with E-state index in [0.717, 1.165) is 9.87 Å². The van der Waals surface area contributed by atoms with E-state index in [1.807, 2.05) is 35.1 Å². The van der Waals surface area contributed by atoms with Crippen molar-refractivity contribution in [2.24, 2.45) is 0 Å². The third kappa shape index (κ3) is 4.44. The Morgan fingerprint density at radius 3 is 2.45 bits per heavy atom. The van der Waals surface area contributed by atoms with Crippen LogP contribution < -0.4 is 4.72 Å². The van der Waals surface area contributed by atoms with Crippen LogP contribution in [-0.2, 0) is 28.0 Å². The summed E-state index contributed by atoms with van der Waals surface area (Å²) in [6, 6.07) is 12.5. The Morgan fingerprint density at radius 2 is 1.86 bits per heavy atom. The van der Waals surface area contributed by atoms with Crippen molar-refractivity contribution in [2.45, 2.75) is 19.9 Å². The van der Waals surface area contributed by atoms with E-state index >= 15 is 0 Å². The van der Waals surface area contributed by atoms with Crippen molar-refractivity contribution in [1.29, 1.82) is 0 Å². The number of carbonyl (C=O) groups is 1. The van der Waals surface area contributed by atoms with Crippen LogP contribution >= 0.6 is 0 Å². The number of nitrogens with zero attached hydrogens (tertiary/aromatic N) is 1. The summed E-state index contributed by atoms with van der Waals surface area (Å²) in [4.78, 5) is 11.8. The van der Waals surface area contributed by atoms with Gasteiger partial charge in [0.05, 0.1) is 6.42 Å². The third-order valence-electron chi connectivity index (χ3n) is 3.03. The van der Waals surface area contributed by atoms with Crippen LogP contribution in [0.2, 0.25) is 0 Å². The van der Waals surface area contributed by atoms with Crippen LogP contribution in [-0.4, -0.2) is 25.7 Å². The fourth-order valence-electron chi connectivity index (χ4n) is 1.92. The zero-order valence-electron chi connectivity index (χ0n) is 12.4. The van der Waals surface area contributed by atoms with Gasteiger partial charge in [0, 0.05) is 13.6 Å². The Hall–Kier alpha value is -2.12. The molecule has 0 aliphatic rings. The fraction of sp³-hybridized carbons (Fsp3) is 0.267. The van der Waals surface area contributed by atoms with Crippen molar-refractivity contribution in [3.05, 3.63) is 59.5 Å². The van der Waals surface area contributed by atoms with Gasteiger partial charge in [0.25, 0.3) is 0 Å². The molecule has 0 fully saturated rings. The van der Waals surface area contributed by atoms with Gasteiger partial charge in [-0.05, 0) is 24.6 Å². The number of amides is 1. The minimum atomic E-state index is -3.88. The molecular formula is C15H18N2O4S. The zero-order chi connectivity index (χ0) is 16.2. The molecule has 22 heavy (non-hydrogen) atoms. The average Bonchev–Trinajstić information content (AvgIpc) is 2.84. The molecule has 1 heterocycles. The second kappa shape index (κ2) is 6.76. The van der Waals surface area contributed by atoms with E-state index in [2.05, 4.69) is 0 Å². The largest absolute Gasteiger partial charge is 0.466 e. The second-order valence-electron chi connectivity index (χ2n) is 4.96. The molecule has 2 rings (SSSR count). The molecular weight excluding hydrogens is 304 g/mol. The summed E-state index contributed by atoms with van der Waals surface area (Å²) in [6.45, 7) is 1.94. The fourth-order valence-corrected chi connectivity index (χ4v) is 2.76. The molecule has 0 radical (unpaired) electrons. The molecule has 118 valence electrons. The molecule has 0 aliphatic heterocycles. The average molecular weight is 322 g/mol. The van der Waals surface area contributed by atoms with Crippen molar-refractivity contribution in [3.8, 4) is 0 Å². The van der Waals surface area contributed by atoms with Crippen LogP contribution in [0.3, 0.4) is 0 Å². The van der Waals surface area contributed by atoms with Crippen LogP contribution in [0, 0.1) is 6.92 Å². The lowest BCUT2D eigenvalue weighted by molar-refractivity contribution is -0.119. The maximum Gasteiger partial charge on any atom is 0.303 e. The number of benzene rings is 1. The Labute approximate surface area is 129 Å². The van der Waals surface area contributed by atoms with Gasteiger partial charge >= 0.3 is 10.2 Å². The summed E-state index contributed by atoms with van der Waals surface area (Å²) in [5.41, 5.74) is 0.837. The molecule has 7 heteroatoms. The van der Waals surface area contributed by atoms with E-state index in [4.69, 9.17) is 4.42 Å². The lowest BCUT2D eigenvalue weighted by atomic mass is 10.2. The third-order valence-corrected chi connectivity index (χ3v) is 4.47. The van der Waals surface area contributed by atoms with Gasteiger partial charge in [0.2, 0.25) is 5.91 Å². The number of aryl methyl sites for hydroxylation is 1. The van der Waals surface area contributed by atoms with Crippen molar-refractivity contribution < 1.29 is 17.6 Å². The Kier molecular flexibility index (Phi) is 4.99. The summed E-state index contributed by atoms with van der Waals surface area (Å²) >= 11 is 0. The molecule has 0 atom stereocenters. The Bertz CT molecular complexity index is 738. The summed E-state index contributed by atoms with van der Waals surface area (Å²) in [7, 11) is -2.46. The predicted octanol–water partition coefficient (Wildman–Crippen LogP) is 1.62. The molecule has 2 aromatic rings. The highest BCUT2D eigenvalue weighted by atomic mass is 32.2. The van der Waals surface area contributed by atoms with Crippen molar-refractivity contribution in [2.75, 3.05) is 7.05 Å². The van der Waals surface area contributed by atoms with Gasteiger partial charge in [-0.15, -0.1) is 0 Å². The van der Waals surface area contributed by atoms with E-state index in [1.165, 1.54) is 7.05 Å². The van der Waals surface area contributed by atoms with E-state index in [9.17, 15) is 13.2 Å². The topological polar surface area (TPSA) is 79.6 Å². The smallest absolute Gasteiger partial charge is 0.303 e. The number of furan rings is 1. The van der Waals surface area contributed by atoms with Gasteiger partial charge in [-0.3, -0.25) is 4.79 Å². The minimum absolute atomic E-state index is 0.119. The van der Waals surface area contributed by atoms with Crippen molar-refractivity contribution in [3.63, 3.8) is 0 Å². The Morgan fingerprint density at radius 1 is 1.18 bits per heavy atom. The molecule has 1 aromatic carbocycles. The van der Waals surface area contributed by atoms with Gasteiger partial charge in [0.1, 0.15) is 11.5 Å². The highest BCUT2D eigenvalue weighted by Crippen LogP contribution is 2.08. The van der Waals surface area contributed by atoms with Gasteiger partial charge in [0.15, 0.2) is 0 Å². The zero-order valence-corrected chi connectivity index (χ0v) is 13.3. The van der Waals surface area contributed by atoms with E-state index in [1.54, 1.807) is 19.1 Å². The summed E-state index contributed by atoms with van der Waals surface area (Å²) in [5, 5.41) is 0. The van der Waals surface area contributed by atoms with Gasteiger partial charge in [-0.1, -0.05) is 30.3 Å². The lowest BCUT2D eigenvalue weighted by Crippen LogP contribution is -2.41. The van der Waals surface area contributed by atoms with Crippen molar-refractivity contribution in [1.82, 2.24) is 9.03 Å². The highest BCUT2D eigenvalue weighted by molar-refractivity contribution is 7.87. The minimum Gasteiger partial charge on any atom is -0.466 e. The first kappa shape index (κ1) is 16.3. The molecule has 0 spiro atoms. The van der Waals surface area contributed by atoms with Crippen LogP contribution in [0.4, 0.5) is 0 Å². The summed E-state index contributed by atoms with van der Waals surface area (Å²) < 4.78 is 32.6. The predicted molar refractivity (Wildman–Crippen MR) is 82.1 cm³/mol. The number of nitrogens with one attached hydrogen (secondary N) is 1. The molecule has 0 saturated heterocycles. The first-order chi connectivity index (χ1) is 10.4. The molecule has 6 nitrogen and oxygen atoms in total. The molecule has 1 amide bonds. The molecule has 0 unspecified atom stereocenters. The standard InChI is InChI=1S/C15H18N2O4S/c1-12-8-9-14(21-12)10-15(18)16-22(19,20)17(2)11-13-6-4-3-5-7-13/h3-9H,10-11H2,1-2H3,(H,16,18). The van der Waals surface area contributed by atoms with Crippen molar-refractivity contribution >= 4 is 16.1 Å². The van der Waals surface area contributed by atoms with E-state index < -0.39 is 16.1 Å². The van der Waals surface area contributed by atoms with Gasteiger partial charge < -0.3 is 4.42 Å². The maximum atomic E-state index is 12.1. The van der Waals surface area contributed by atoms with Crippen LogP contribution in [0.1, 0.15) is 17.1 Å². The number of hydrogen-bond donors (Lipinski definition) is 1. The van der Waals surface area contributed by atoms with Gasteiger partial charge in [-0.25, -0.2) is 4.72 Å². The molecule has 1 N–H and O–H groups in total. The second-order valence-corrected chi connectivity index (χ2v) is 6.74. The molecule has 1 aromatic heterocycles. The normalized spacial score (nSPS) is 11.6. The van der Waals surface area contributed by atoms with Crippen LogP contribution in [0.15, 0.2) is 46.9 Å². The number of hydrogen-bond acceptors (Lipinski definition) is 4. The van der Waals surface area contributed by atoms with Crippen LogP contribution in [0.25, 0.3) is 0 Å². The van der Waals surface area contributed by atoms with E-state index in [-0.39, 0.29) is 13.0 Å². The molecule has 0 bridgehead atoms. The Balaban J connectivity index is 1.96.